The number of carboxylic acid groups (broad SMARTS) is 1. The molecule has 2 rings (SSSR count). The van der Waals surface area contributed by atoms with E-state index in [9.17, 15) is 4.79 Å². The van der Waals surface area contributed by atoms with Crippen LogP contribution in [0.5, 0.6) is 0 Å². The summed E-state index contributed by atoms with van der Waals surface area (Å²) in [6.07, 6.45) is 8.56. The standard InChI is InChI=1S/C9H7NO2/c11-9(12)7-1-2-8-6(5-7)3-4-10-8/h1-5,8H,(H,11,12). The van der Waals surface area contributed by atoms with Crippen LogP contribution in [0.3, 0.4) is 0 Å². The number of allylic oxidation sites excluding steroid dienone is 1. The molecule has 0 spiro atoms. The number of aliphatic imine (C=N–C) groups is 1. The lowest BCUT2D eigenvalue weighted by molar-refractivity contribution is -0.132. The summed E-state index contributed by atoms with van der Waals surface area (Å²) in [6, 6.07) is 0.0492. The second-order valence-electron chi connectivity index (χ2n) is 2.67. The predicted octanol–water partition coefficient (Wildman–Crippen LogP) is 0.947. The van der Waals surface area contributed by atoms with E-state index >= 15 is 0 Å². The van der Waals surface area contributed by atoms with Crippen molar-refractivity contribution >= 4 is 12.2 Å². The fraction of sp³-hybridized carbons (Fsp3) is 0.111. The van der Waals surface area contributed by atoms with E-state index < -0.39 is 5.97 Å². The molecule has 1 aliphatic heterocycles. The summed E-state index contributed by atoms with van der Waals surface area (Å²) in [7, 11) is 0. The van der Waals surface area contributed by atoms with E-state index in [1.165, 1.54) is 0 Å². The van der Waals surface area contributed by atoms with E-state index in [0.29, 0.717) is 5.57 Å². The summed E-state index contributed by atoms with van der Waals surface area (Å²) in [6.45, 7) is 0. The SMILES string of the molecule is O=C(O)C1=CC2=CC=NC2C=C1. The van der Waals surface area contributed by atoms with Crippen LogP contribution >= 0.6 is 0 Å². The highest BCUT2D eigenvalue weighted by atomic mass is 16.4. The molecular weight excluding hydrogens is 154 g/mol. The Morgan fingerprint density at radius 2 is 2.42 bits per heavy atom. The Kier molecular flexibility index (Phi) is 1.43. The number of hydrogen-bond acceptors (Lipinski definition) is 2. The Labute approximate surface area is 69.4 Å². The van der Waals surface area contributed by atoms with Gasteiger partial charge in [0.05, 0.1) is 11.6 Å². The molecule has 3 heteroatoms. The van der Waals surface area contributed by atoms with Gasteiger partial charge in [0.15, 0.2) is 0 Å². The Hall–Kier alpha value is -1.64. The first kappa shape index (κ1) is 7.03. The Morgan fingerprint density at radius 1 is 1.58 bits per heavy atom. The van der Waals surface area contributed by atoms with Gasteiger partial charge in [-0.3, -0.25) is 4.99 Å². The molecule has 0 saturated heterocycles. The van der Waals surface area contributed by atoms with Gasteiger partial charge in [0.2, 0.25) is 0 Å². The molecule has 1 N–H and O–H groups in total. The number of carbonyl (C=O) groups is 1. The van der Waals surface area contributed by atoms with Crippen molar-refractivity contribution in [3.63, 3.8) is 0 Å². The summed E-state index contributed by atoms with van der Waals surface area (Å²) in [5.74, 6) is -0.891. The number of hydrogen-bond donors (Lipinski definition) is 1. The predicted molar refractivity (Wildman–Crippen MR) is 45.2 cm³/mol. The summed E-state index contributed by atoms with van der Waals surface area (Å²) < 4.78 is 0. The van der Waals surface area contributed by atoms with Crippen molar-refractivity contribution in [2.45, 2.75) is 6.04 Å². The van der Waals surface area contributed by atoms with Gasteiger partial charge in [-0.05, 0) is 23.8 Å². The van der Waals surface area contributed by atoms with Crippen LogP contribution in [0, 0.1) is 0 Å². The van der Waals surface area contributed by atoms with E-state index in [4.69, 9.17) is 5.11 Å². The minimum atomic E-state index is -0.891. The zero-order chi connectivity index (χ0) is 8.55. The van der Waals surface area contributed by atoms with Crippen LogP contribution in [0.1, 0.15) is 0 Å². The van der Waals surface area contributed by atoms with Crippen LogP contribution in [0.25, 0.3) is 0 Å². The van der Waals surface area contributed by atoms with Gasteiger partial charge in [-0.2, -0.15) is 0 Å². The fourth-order valence-electron chi connectivity index (χ4n) is 1.26. The lowest BCUT2D eigenvalue weighted by atomic mass is 9.99. The van der Waals surface area contributed by atoms with Gasteiger partial charge in [0.1, 0.15) is 0 Å². The molecule has 3 nitrogen and oxygen atoms in total. The summed E-state index contributed by atoms with van der Waals surface area (Å²) >= 11 is 0. The Balaban J connectivity index is 2.34. The van der Waals surface area contributed by atoms with Crippen LogP contribution in [-0.4, -0.2) is 23.3 Å². The summed E-state index contributed by atoms with van der Waals surface area (Å²) in [5.41, 5.74) is 1.28. The molecule has 1 aliphatic carbocycles. The molecule has 0 saturated carbocycles. The quantitative estimate of drug-likeness (QED) is 0.622. The Bertz CT molecular complexity index is 348. The van der Waals surface area contributed by atoms with Crippen molar-refractivity contribution in [3.8, 4) is 0 Å². The van der Waals surface area contributed by atoms with Crippen LogP contribution in [-0.2, 0) is 4.79 Å². The number of fused-ring (bicyclic) bond motifs is 1. The topological polar surface area (TPSA) is 49.7 Å². The van der Waals surface area contributed by atoms with E-state index in [2.05, 4.69) is 4.99 Å². The van der Waals surface area contributed by atoms with Gasteiger partial charge in [0.25, 0.3) is 0 Å². The highest BCUT2D eigenvalue weighted by Crippen LogP contribution is 2.21. The molecule has 0 fully saturated rings. The second kappa shape index (κ2) is 2.44. The van der Waals surface area contributed by atoms with E-state index in [1.807, 2.05) is 6.08 Å². The average molecular weight is 161 g/mol. The average Bonchev–Trinajstić information content (AvgIpc) is 2.49. The number of aliphatic carboxylic acids is 1. The monoisotopic (exact) mass is 161 g/mol. The lowest BCUT2D eigenvalue weighted by Crippen LogP contribution is -2.08. The van der Waals surface area contributed by atoms with Gasteiger partial charge in [-0.25, -0.2) is 4.79 Å². The maximum atomic E-state index is 10.6. The van der Waals surface area contributed by atoms with E-state index in [1.54, 1.807) is 24.4 Å². The van der Waals surface area contributed by atoms with Gasteiger partial charge >= 0.3 is 5.97 Å². The van der Waals surface area contributed by atoms with E-state index in [-0.39, 0.29) is 6.04 Å². The molecule has 1 heterocycles. The minimum Gasteiger partial charge on any atom is -0.478 e. The van der Waals surface area contributed by atoms with Crippen molar-refractivity contribution < 1.29 is 9.90 Å². The third-order valence-corrected chi connectivity index (χ3v) is 1.88. The maximum Gasteiger partial charge on any atom is 0.335 e. The molecule has 0 bridgehead atoms. The molecular formula is C9H7NO2. The third-order valence-electron chi connectivity index (χ3n) is 1.88. The zero-order valence-electron chi connectivity index (χ0n) is 6.27. The highest BCUT2D eigenvalue weighted by Gasteiger charge is 2.17. The van der Waals surface area contributed by atoms with Gasteiger partial charge in [-0.15, -0.1) is 0 Å². The molecule has 60 valence electrons. The van der Waals surface area contributed by atoms with Crippen LogP contribution in [0.4, 0.5) is 0 Å². The van der Waals surface area contributed by atoms with Crippen LogP contribution in [0.15, 0.2) is 40.4 Å². The van der Waals surface area contributed by atoms with Crippen molar-refractivity contribution in [1.29, 1.82) is 0 Å². The first-order valence-corrected chi connectivity index (χ1v) is 3.64. The van der Waals surface area contributed by atoms with Gasteiger partial charge < -0.3 is 5.11 Å². The summed E-state index contributed by atoms with van der Waals surface area (Å²) in [5, 5.41) is 8.67. The number of rotatable bonds is 1. The molecule has 0 amide bonds. The van der Waals surface area contributed by atoms with Crippen molar-refractivity contribution in [2.75, 3.05) is 0 Å². The molecule has 12 heavy (non-hydrogen) atoms. The Morgan fingerprint density at radius 3 is 3.17 bits per heavy atom. The molecule has 2 aliphatic rings. The number of nitrogens with zero attached hydrogens (tertiary/aromatic N) is 1. The second-order valence-corrected chi connectivity index (χ2v) is 2.67. The maximum absolute atomic E-state index is 10.6. The molecule has 1 unspecified atom stereocenters. The first-order valence-electron chi connectivity index (χ1n) is 3.64. The molecule has 0 aromatic rings. The zero-order valence-corrected chi connectivity index (χ0v) is 6.27. The smallest absolute Gasteiger partial charge is 0.335 e. The largest absolute Gasteiger partial charge is 0.478 e. The first-order chi connectivity index (χ1) is 5.77. The van der Waals surface area contributed by atoms with Crippen LogP contribution in [0.2, 0.25) is 0 Å². The normalized spacial score (nSPS) is 24.8. The minimum absolute atomic E-state index is 0.0492. The van der Waals surface area contributed by atoms with Gasteiger partial charge in [-0.1, -0.05) is 6.08 Å². The van der Waals surface area contributed by atoms with Crippen LogP contribution < -0.4 is 0 Å². The van der Waals surface area contributed by atoms with Crippen molar-refractivity contribution in [1.82, 2.24) is 0 Å². The lowest BCUT2D eigenvalue weighted by Gasteiger charge is -2.09. The molecule has 1 atom stereocenters. The fourth-order valence-corrected chi connectivity index (χ4v) is 1.26. The molecule has 0 radical (unpaired) electrons. The number of carboxylic acids is 1. The van der Waals surface area contributed by atoms with Crippen molar-refractivity contribution in [3.05, 3.63) is 35.5 Å². The molecule has 0 aromatic carbocycles. The van der Waals surface area contributed by atoms with Gasteiger partial charge in [0, 0.05) is 6.21 Å². The third kappa shape index (κ3) is 0.993. The highest BCUT2D eigenvalue weighted by molar-refractivity contribution is 5.92. The summed E-state index contributed by atoms with van der Waals surface area (Å²) in [4.78, 5) is 14.7. The van der Waals surface area contributed by atoms with E-state index in [0.717, 1.165) is 5.57 Å². The van der Waals surface area contributed by atoms with Crippen molar-refractivity contribution in [2.24, 2.45) is 4.99 Å². The molecule has 0 aromatic heterocycles.